The third-order valence-electron chi connectivity index (χ3n) is 5.01. The molecule has 3 rings (SSSR count). The van der Waals surface area contributed by atoms with Crippen molar-refractivity contribution in [3.63, 3.8) is 0 Å². The molecule has 0 fully saturated rings. The van der Waals surface area contributed by atoms with Gasteiger partial charge in [0.1, 0.15) is 23.5 Å². The van der Waals surface area contributed by atoms with E-state index in [1.54, 1.807) is 56.7 Å². The van der Waals surface area contributed by atoms with E-state index >= 15 is 0 Å². The summed E-state index contributed by atoms with van der Waals surface area (Å²) in [5.41, 5.74) is 7.86. The first-order valence-corrected chi connectivity index (χ1v) is 11.7. The third-order valence-corrected chi connectivity index (χ3v) is 7.07. The summed E-state index contributed by atoms with van der Waals surface area (Å²) >= 11 is 0. The van der Waals surface area contributed by atoms with Crippen LogP contribution in [0.1, 0.15) is 13.8 Å². The predicted molar refractivity (Wildman–Crippen MR) is 129 cm³/mol. The first-order valence-electron chi connectivity index (χ1n) is 10.3. The lowest BCUT2D eigenvalue weighted by molar-refractivity contribution is 0.395. The van der Waals surface area contributed by atoms with Gasteiger partial charge in [0.2, 0.25) is 10.0 Å². The molecule has 4 N–H and O–H groups in total. The van der Waals surface area contributed by atoms with Crippen LogP contribution in [0.15, 0.2) is 53.7 Å². The standard InChI is InChI=1S/C22H28N6O4S/c1-5-28(6-2)33(29,30)17-10-7-15(8-11-17)26-21-20(23)22(25-14-24-21)27-18-12-9-16(31-3)13-19(18)32-4/h7-14H,5-6,23H2,1-4H3,(H2,24,25,26,27). The average molecular weight is 473 g/mol. The second-order valence-electron chi connectivity index (χ2n) is 6.91. The highest BCUT2D eigenvalue weighted by molar-refractivity contribution is 7.89. The van der Waals surface area contributed by atoms with E-state index in [-0.39, 0.29) is 10.6 Å². The van der Waals surface area contributed by atoms with E-state index in [1.165, 1.54) is 10.6 Å². The molecule has 33 heavy (non-hydrogen) atoms. The van der Waals surface area contributed by atoms with Crippen LogP contribution in [0, 0.1) is 0 Å². The van der Waals surface area contributed by atoms with Crippen LogP contribution in [0.3, 0.4) is 0 Å². The van der Waals surface area contributed by atoms with Crippen molar-refractivity contribution in [2.75, 3.05) is 43.7 Å². The van der Waals surface area contributed by atoms with E-state index in [4.69, 9.17) is 15.2 Å². The van der Waals surface area contributed by atoms with Crippen LogP contribution in [0.2, 0.25) is 0 Å². The van der Waals surface area contributed by atoms with Gasteiger partial charge in [-0.05, 0) is 36.4 Å². The Balaban J connectivity index is 1.82. The SMILES string of the molecule is CCN(CC)S(=O)(=O)c1ccc(Nc2ncnc(Nc3ccc(OC)cc3OC)c2N)cc1. The van der Waals surface area contributed by atoms with Crippen LogP contribution in [0.25, 0.3) is 0 Å². The highest BCUT2D eigenvalue weighted by Crippen LogP contribution is 2.34. The van der Waals surface area contributed by atoms with Gasteiger partial charge in [0.15, 0.2) is 11.6 Å². The molecule has 0 atom stereocenters. The minimum atomic E-state index is -3.53. The van der Waals surface area contributed by atoms with E-state index in [0.717, 1.165) is 0 Å². The smallest absolute Gasteiger partial charge is 0.243 e. The fourth-order valence-corrected chi connectivity index (χ4v) is 4.64. The van der Waals surface area contributed by atoms with Crippen molar-refractivity contribution in [2.45, 2.75) is 18.7 Å². The van der Waals surface area contributed by atoms with Gasteiger partial charge in [-0.15, -0.1) is 0 Å². The lowest BCUT2D eigenvalue weighted by Crippen LogP contribution is -2.30. The van der Waals surface area contributed by atoms with Crippen LogP contribution in [0.5, 0.6) is 11.5 Å². The van der Waals surface area contributed by atoms with Crippen molar-refractivity contribution in [1.29, 1.82) is 0 Å². The molecule has 2 aromatic carbocycles. The molecule has 0 unspecified atom stereocenters. The van der Waals surface area contributed by atoms with Crippen molar-refractivity contribution >= 4 is 38.7 Å². The van der Waals surface area contributed by atoms with Crippen LogP contribution in [-0.4, -0.2) is 50.0 Å². The molecule has 0 aliphatic heterocycles. The summed E-state index contributed by atoms with van der Waals surface area (Å²) in [5.74, 6) is 1.98. The Morgan fingerprint density at radius 1 is 0.939 bits per heavy atom. The summed E-state index contributed by atoms with van der Waals surface area (Å²) < 4.78 is 37.4. The number of nitrogen functional groups attached to an aromatic ring is 1. The van der Waals surface area contributed by atoms with Gasteiger partial charge in [-0.1, -0.05) is 13.8 Å². The Hall–Kier alpha value is -3.57. The van der Waals surface area contributed by atoms with Crippen molar-refractivity contribution in [3.8, 4) is 11.5 Å². The molecule has 11 heteroatoms. The zero-order chi connectivity index (χ0) is 24.0. The van der Waals surface area contributed by atoms with Crippen molar-refractivity contribution in [1.82, 2.24) is 14.3 Å². The second-order valence-corrected chi connectivity index (χ2v) is 8.85. The number of aromatic nitrogens is 2. The van der Waals surface area contributed by atoms with Gasteiger partial charge < -0.3 is 25.8 Å². The van der Waals surface area contributed by atoms with E-state index < -0.39 is 10.0 Å². The Morgan fingerprint density at radius 2 is 1.58 bits per heavy atom. The number of nitrogens with two attached hydrogens (primary N) is 1. The Morgan fingerprint density at radius 3 is 2.15 bits per heavy atom. The van der Waals surface area contributed by atoms with Gasteiger partial charge in [0, 0.05) is 24.8 Å². The van der Waals surface area contributed by atoms with E-state index in [1.807, 2.05) is 13.8 Å². The lowest BCUT2D eigenvalue weighted by Gasteiger charge is -2.18. The van der Waals surface area contributed by atoms with Gasteiger partial charge in [-0.2, -0.15) is 4.31 Å². The number of benzene rings is 2. The summed E-state index contributed by atoms with van der Waals surface area (Å²) in [6, 6.07) is 11.8. The zero-order valence-electron chi connectivity index (χ0n) is 19.0. The first-order chi connectivity index (χ1) is 15.8. The summed E-state index contributed by atoms with van der Waals surface area (Å²) in [4.78, 5) is 8.65. The maximum Gasteiger partial charge on any atom is 0.243 e. The number of nitrogens with zero attached hydrogens (tertiary/aromatic N) is 3. The Labute approximate surface area is 193 Å². The Bertz CT molecular complexity index is 1200. The molecule has 0 amide bonds. The highest BCUT2D eigenvalue weighted by Gasteiger charge is 2.21. The third kappa shape index (κ3) is 5.26. The molecule has 0 spiro atoms. The fourth-order valence-electron chi connectivity index (χ4n) is 3.18. The summed E-state index contributed by atoms with van der Waals surface area (Å²) in [7, 11) is -0.394. The molecular formula is C22H28N6O4S. The Kier molecular flexibility index (Phi) is 7.56. The molecule has 0 bridgehead atoms. The number of ether oxygens (including phenoxy) is 2. The fraction of sp³-hybridized carbons (Fsp3) is 0.273. The number of anilines is 5. The summed E-state index contributed by atoms with van der Waals surface area (Å²) in [5, 5.41) is 6.25. The quantitative estimate of drug-likeness (QED) is 0.405. The van der Waals surface area contributed by atoms with Crippen LogP contribution in [0.4, 0.5) is 28.7 Å². The van der Waals surface area contributed by atoms with Crippen LogP contribution < -0.4 is 25.8 Å². The normalized spacial score (nSPS) is 11.3. The molecular weight excluding hydrogens is 444 g/mol. The van der Waals surface area contributed by atoms with Crippen molar-refractivity contribution in [2.24, 2.45) is 0 Å². The monoisotopic (exact) mass is 472 g/mol. The number of sulfonamides is 1. The van der Waals surface area contributed by atoms with Crippen LogP contribution in [-0.2, 0) is 10.0 Å². The summed E-state index contributed by atoms with van der Waals surface area (Å²) in [6.07, 6.45) is 1.37. The topological polar surface area (TPSA) is 132 Å². The minimum Gasteiger partial charge on any atom is -0.497 e. The van der Waals surface area contributed by atoms with E-state index in [2.05, 4.69) is 20.6 Å². The van der Waals surface area contributed by atoms with E-state index in [9.17, 15) is 8.42 Å². The number of hydrogen-bond donors (Lipinski definition) is 3. The molecule has 1 heterocycles. The molecule has 0 saturated heterocycles. The molecule has 176 valence electrons. The molecule has 0 radical (unpaired) electrons. The predicted octanol–water partition coefficient (Wildman–Crippen LogP) is 3.59. The van der Waals surface area contributed by atoms with Gasteiger partial charge >= 0.3 is 0 Å². The number of methoxy groups -OCH3 is 2. The molecule has 0 saturated carbocycles. The maximum atomic E-state index is 12.7. The minimum absolute atomic E-state index is 0.223. The van der Waals surface area contributed by atoms with Gasteiger partial charge in [0.25, 0.3) is 0 Å². The summed E-state index contributed by atoms with van der Waals surface area (Å²) in [6.45, 7) is 4.43. The van der Waals surface area contributed by atoms with Gasteiger partial charge in [0.05, 0.1) is 24.8 Å². The number of hydrogen-bond acceptors (Lipinski definition) is 9. The van der Waals surface area contributed by atoms with Gasteiger partial charge in [-0.25, -0.2) is 18.4 Å². The molecule has 10 nitrogen and oxygen atoms in total. The zero-order valence-corrected chi connectivity index (χ0v) is 19.8. The van der Waals surface area contributed by atoms with Crippen LogP contribution >= 0.6 is 0 Å². The lowest BCUT2D eigenvalue weighted by atomic mass is 10.2. The average Bonchev–Trinajstić information content (AvgIpc) is 2.82. The molecule has 1 aromatic heterocycles. The van der Waals surface area contributed by atoms with Crippen molar-refractivity contribution in [3.05, 3.63) is 48.8 Å². The van der Waals surface area contributed by atoms with Gasteiger partial charge in [-0.3, -0.25) is 0 Å². The largest absolute Gasteiger partial charge is 0.497 e. The highest BCUT2D eigenvalue weighted by atomic mass is 32.2. The number of rotatable bonds is 10. The second kappa shape index (κ2) is 10.4. The maximum absolute atomic E-state index is 12.7. The number of nitrogens with one attached hydrogen (secondary N) is 2. The van der Waals surface area contributed by atoms with Crippen molar-refractivity contribution < 1.29 is 17.9 Å². The first kappa shape index (κ1) is 24.1. The molecule has 0 aliphatic carbocycles. The van der Waals surface area contributed by atoms with E-state index in [0.29, 0.717) is 47.6 Å². The molecule has 0 aliphatic rings. The molecule has 3 aromatic rings.